The molecule has 80 heavy (non-hydrogen) atoms. The summed E-state index contributed by atoms with van der Waals surface area (Å²) >= 11 is 0. The highest BCUT2D eigenvalue weighted by molar-refractivity contribution is 7.47. The first-order valence-electron chi connectivity index (χ1n) is 32.5. The van der Waals surface area contributed by atoms with Gasteiger partial charge in [0.05, 0.1) is 19.8 Å². The number of esters is 3. The van der Waals surface area contributed by atoms with Gasteiger partial charge in [-0.1, -0.05) is 241 Å². The van der Waals surface area contributed by atoms with Crippen LogP contribution in [0, 0.1) is 0 Å². The lowest BCUT2D eigenvalue weighted by molar-refractivity contribution is -0.161. The molecule has 0 heterocycles. The van der Waals surface area contributed by atoms with Gasteiger partial charge < -0.3 is 24.2 Å². The van der Waals surface area contributed by atoms with Crippen LogP contribution in [0.3, 0.4) is 0 Å². The van der Waals surface area contributed by atoms with Crippen LogP contribution in [0.5, 0.6) is 0 Å². The highest BCUT2D eigenvalue weighted by atomic mass is 31.2. The van der Waals surface area contributed by atoms with Gasteiger partial charge >= 0.3 is 25.7 Å². The van der Waals surface area contributed by atoms with Crippen LogP contribution in [-0.4, -0.2) is 66.5 Å². The summed E-state index contributed by atoms with van der Waals surface area (Å²) in [4.78, 5) is 48.8. The molecule has 0 aliphatic carbocycles. The second-order valence-corrected chi connectivity index (χ2v) is 23.0. The van der Waals surface area contributed by atoms with Crippen molar-refractivity contribution in [2.75, 3.05) is 26.4 Å². The number of unbranched alkanes of at least 4 members (excludes halogenated alkanes) is 29. The molecule has 0 rings (SSSR count). The Hall–Kier alpha value is -3.34. The summed E-state index contributed by atoms with van der Waals surface area (Å²) < 4.78 is 39.7. The zero-order chi connectivity index (χ0) is 58.3. The molecule has 0 saturated carbocycles. The molecule has 0 amide bonds. The smallest absolute Gasteiger partial charge is 0.462 e. The Morgan fingerprint density at radius 3 is 1.04 bits per heavy atom. The molecule has 3 atom stereocenters. The van der Waals surface area contributed by atoms with E-state index in [0.29, 0.717) is 19.3 Å². The number of phosphoric acid groups is 1. The summed E-state index contributed by atoms with van der Waals surface area (Å²) in [6, 6.07) is 0. The Labute approximate surface area is 490 Å². The van der Waals surface area contributed by atoms with Crippen molar-refractivity contribution in [1.82, 2.24) is 0 Å². The molecule has 12 heteroatoms. The highest BCUT2D eigenvalue weighted by Gasteiger charge is 2.28. The van der Waals surface area contributed by atoms with Gasteiger partial charge in [-0.2, -0.15) is 0 Å². The molecule has 2 N–H and O–H groups in total. The zero-order valence-electron chi connectivity index (χ0n) is 51.3. The lowest BCUT2D eigenvalue weighted by Gasteiger charge is -2.21. The van der Waals surface area contributed by atoms with E-state index in [2.05, 4.69) is 106 Å². The number of aliphatic hydroxyl groups excluding tert-OH is 1. The second-order valence-electron chi connectivity index (χ2n) is 21.5. The largest absolute Gasteiger partial charge is 0.472 e. The number of carbonyl (C=O) groups is 3. The number of ether oxygens (including phenoxy) is 3. The number of hydrogen-bond acceptors (Lipinski definition) is 10. The fraction of sp³-hybridized carbons (Fsp3) is 0.750. The van der Waals surface area contributed by atoms with Crippen molar-refractivity contribution in [2.45, 2.75) is 303 Å². The van der Waals surface area contributed by atoms with Crippen molar-refractivity contribution >= 4 is 25.7 Å². The van der Waals surface area contributed by atoms with Crippen LogP contribution < -0.4 is 0 Å². The fourth-order valence-electron chi connectivity index (χ4n) is 8.84. The normalized spacial score (nSPS) is 13.8. The van der Waals surface area contributed by atoms with E-state index in [0.717, 1.165) is 135 Å². The first kappa shape index (κ1) is 76.7. The van der Waals surface area contributed by atoms with Gasteiger partial charge in [0.25, 0.3) is 0 Å². The average Bonchev–Trinajstić information content (AvgIpc) is 3.45. The molecule has 0 bridgehead atoms. The van der Waals surface area contributed by atoms with Crippen LogP contribution in [0.4, 0.5) is 0 Å². The van der Waals surface area contributed by atoms with Crippen LogP contribution >= 0.6 is 7.82 Å². The molecule has 3 unspecified atom stereocenters. The highest BCUT2D eigenvalue weighted by Crippen LogP contribution is 2.43. The van der Waals surface area contributed by atoms with E-state index < -0.39 is 57.8 Å². The van der Waals surface area contributed by atoms with Crippen molar-refractivity contribution in [3.63, 3.8) is 0 Å². The molecule has 462 valence electrons. The SMILES string of the molecule is CC/C=C\C/C=C\C/C=C\C/C=C\CCCCCCCCC(=O)OCC(COP(=O)(O)OCC(CO)OC(=O)CCCCCCC/C=C\CCCCCCCC)OC(=O)CCCCCCCCCCC/C=C\C/C=C\CCCCC. The number of rotatable bonds is 60. The molecule has 0 aromatic carbocycles. The van der Waals surface area contributed by atoms with Crippen LogP contribution in [-0.2, 0) is 42.2 Å². The Bertz CT molecular complexity index is 1670. The van der Waals surface area contributed by atoms with Crippen molar-refractivity contribution in [1.29, 1.82) is 0 Å². The number of phosphoric ester groups is 1. The van der Waals surface area contributed by atoms with Gasteiger partial charge in [-0.3, -0.25) is 23.4 Å². The summed E-state index contributed by atoms with van der Waals surface area (Å²) in [5.41, 5.74) is 0. The third kappa shape index (κ3) is 59.3. The summed E-state index contributed by atoms with van der Waals surface area (Å²) in [5, 5.41) is 9.85. The maximum Gasteiger partial charge on any atom is 0.472 e. The Kier molecular flexibility index (Phi) is 59.1. The molecule has 0 aliphatic heterocycles. The van der Waals surface area contributed by atoms with Gasteiger partial charge in [0.15, 0.2) is 6.10 Å². The Balaban J connectivity index is 4.74. The molecule has 11 nitrogen and oxygen atoms in total. The van der Waals surface area contributed by atoms with Crippen LogP contribution in [0.15, 0.2) is 85.1 Å². The minimum atomic E-state index is -4.76. The minimum absolute atomic E-state index is 0.157. The van der Waals surface area contributed by atoms with E-state index in [9.17, 15) is 28.9 Å². The first-order chi connectivity index (χ1) is 39.2. The topological polar surface area (TPSA) is 155 Å². The van der Waals surface area contributed by atoms with E-state index in [1.165, 1.54) is 96.3 Å². The molecule has 0 fully saturated rings. The third-order valence-electron chi connectivity index (χ3n) is 13.8. The molecule has 0 spiro atoms. The molecule has 0 saturated heterocycles. The average molecular weight is 1140 g/mol. The van der Waals surface area contributed by atoms with E-state index in [-0.39, 0.29) is 25.9 Å². The summed E-state index contributed by atoms with van der Waals surface area (Å²) in [6.45, 7) is 4.51. The van der Waals surface area contributed by atoms with E-state index >= 15 is 0 Å². The van der Waals surface area contributed by atoms with Gasteiger partial charge in [0.1, 0.15) is 12.7 Å². The van der Waals surface area contributed by atoms with Gasteiger partial charge in [-0.05, 0) is 116 Å². The summed E-state index contributed by atoms with van der Waals surface area (Å²) in [6.07, 6.45) is 72.4. The number of hydrogen-bond donors (Lipinski definition) is 2. The number of aliphatic hydroxyl groups is 1. The number of allylic oxidation sites excluding steroid dienone is 14. The van der Waals surface area contributed by atoms with Gasteiger partial charge in [-0.25, -0.2) is 4.57 Å². The maximum atomic E-state index is 13.0. The van der Waals surface area contributed by atoms with E-state index in [1.54, 1.807) is 0 Å². The van der Waals surface area contributed by atoms with Crippen LogP contribution in [0.1, 0.15) is 290 Å². The second kappa shape index (κ2) is 61.7. The van der Waals surface area contributed by atoms with Crippen molar-refractivity contribution in [3.05, 3.63) is 85.1 Å². The van der Waals surface area contributed by atoms with Crippen molar-refractivity contribution < 1.29 is 52.2 Å². The zero-order valence-corrected chi connectivity index (χ0v) is 52.2. The van der Waals surface area contributed by atoms with Crippen molar-refractivity contribution in [2.24, 2.45) is 0 Å². The molecule has 0 aromatic rings. The lowest BCUT2D eigenvalue weighted by Crippen LogP contribution is -2.30. The summed E-state index contributed by atoms with van der Waals surface area (Å²) in [7, 11) is -4.76. The fourth-order valence-corrected chi connectivity index (χ4v) is 9.63. The quantitative estimate of drug-likeness (QED) is 0.0197. The molecule has 0 aromatic heterocycles. The molecule has 0 aliphatic rings. The van der Waals surface area contributed by atoms with E-state index in [4.69, 9.17) is 23.3 Å². The van der Waals surface area contributed by atoms with Gasteiger partial charge in [0.2, 0.25) is 0 Å². The predicted octanol–water partition coefficient (Wildman–Crippen LogP) is 19.8. The lowest BCUT2D eigenvalue weighted by atomic mass is 10.1. The molecule has 0 radical (unpaired) electrons. The molecular weight excluding hydrogens is 1020 g/mol. The Morgan fingerprint density at radius 1 is 0.362 bits per heavy atom. The predicted molar refractivity (Wildman–Crippen MR) is 334 cm³/mol. The van der Waals surface area contributed by atoms with Crippen molar-refractivity contribution in [3.8, 4) is 0 Å². The van der Waals surface area contributed by atoms with Gasteiger partial charge in [0, 0.05) is 19.3 Å². The minimum Gasteiger partial charge on any atom is -0.462 e. The first-order valence-corrected chi connectivity index (χ1v) is 34.0. The standard InChI is InChI=1S/C68H119O11P/c1-4-7-10-13-16-19-22-25-28-30-32-34-37-39-42-45-48-51-54-57-66(70)75-61-65(79-68(72)59-56-53-50-47-44-41-38-35-33-31-29-26-23-20-17-14-11-8-5-2)63-77-80(73,74)76-62-64(60-69)78-67(71)58-55-52-49-46-43-40-36-27-24-21-18-15-12-9-6-3/h7,10,16-17,19-20,25-29,32,34,36,64-65,69H,4-6,8-9,11-15,18,21-24,30-31,33,35,37-63H2,1-3H3,(H,73,74)/b10-7-,19-16-,20-17-,28-25-,29-26-,34-32-,36-27-. The monoisotopic (exact) mass is 1140 g/mol. The number of carbonyl (C=O) groups excluding carboxylic acids is 3. The molecular formula is C68H119O11P. The summed E-state index contributed by atoms with van der Waals surface area (Å²) in [5.74, 6) is -1.49. The van der Waals surface area contributed by atoms with E-state index in [1.807, 2.05) is 0 Å². The van der Waals surface area contributed by atoms with Crippen LogP contribution in [0.25, 0.3) is 0 Å². The Morgan fingerprint density at radius 2 is 0.650 bits per heavy atom. The van der Waals surface area contributed by atoms with Crippen LogP contribution in [0.2, 0.25) is 0 Å². The van der Waals surface area contributed by atoms with Gasteiger partial charge in [-0.15, -0.1) is 0 Å². The third-order valence-corrected chi connectivity index (χ3v) is 14.7. The maximum absolute atomic E-state index is 13.0.